The minimum absolute atomic E-state index is 0.147. The fraction of sp³-hybridized carbons (Fsp3) is 0.368. The number of hydrogen-bond donors (Lipinski definition) is 1. The number of carbonyl (C=O) groups excluding carboxylic acids is 1. The maximum atomic E-state index is 12.4. The quantitative estimate of drug-likeness (QED) is 0.761. The Balaban J connectivity index is 1.50. The third kappa shape index (κ3) is 3.69. The first kappa shape index (κ1) is 17.3. The summed E-state index contributed by atoms with van der Waals surface area (Å²) < 4.78 is 6.39. The minimum Gasteiger partial charge on any atom is -0.443 e. The lowest BCUT2D eigenvalue weighted by Gasteiger charge is -2.34. The van der Waals surface area contributed by atoms with E-state index < -0.39 is 0 Å². The molecule has 1 N–H and O–H groups in total. The van der Waals surface area contributed by atoms with Crippen LogP contribution in [0.2, 0.25) is 0 Å². The van der Waals surface area contributed by atoms with Crippen LogP contribution >= 0.6 is 0 Å². The summed E-state index contributed by atoms with van der Waals surface area (Å²) in [6.45, 7) is 2.92. The molecule has 8 heteroatoms. The van der Waals surface area contributed by atoms with Crippen LogP contribution in [0, 0.1) is 0 Å². The van der Waals surface area contributed by atoms with E-state index in [-0.39, 0.29) is 18.0 Å². The molecule has 1 saturated heterocycles. The number of aromatic nitrogens is 3. The molecule has 8 nitrogen and oxygen atoms in total. The second kappa shape index (κ2) is 7.22. The third-order valence-corrected chi connectivity index (χ3v) is 4.86. The average molecular weight is 367 g/mol. The molecule has 0 spiro atoms. The van der Waals surface area contributed by atoms with Crippen LogP contribution in [0.3, 0.4) is 0 Å². The highest BCUT2D eigenvalue weighted by molar-refractivity contribution is 5.92. The predicted octanol–water partition coefficient (Wildman–Crippen LogP) is 2.40. The van der Waals surface area contributed by atoms with Gasteiger partial charge in [-0.1, -0.05) is 0 Å². The fourth-order valence-electron chi connectivity index (χ4n) is 3.42. The van der Waals surface area contributed by atoms with Gasteiger partial charge in [0.05, 0.1) is 0 Å². The van der Waals surface area contributed by atoms with E-state index in [0.29, 0.717) is 22.8 Å². The predicted molar refractivity (Wildman–Crippen MR) is 102 cm³/mol. The standard InChI is InChI=1S/C19H21N5O3/c1-13-4-2-3-9-23(13)17-7-8-19(26)24(22-17)11-18(25)21-14-5-6-16-15(10-14)20-12-27-16/h5-8,10,12-13H,2-4,9,11H2,1H3,(H,21,25). The molecule has 1 aliphatic heterocycles. The van der Waals surface area contributed by atoms with Gasteiger partial charge in [0.25, 0.3) is 5.56 Å². The first-order valence-electron chi connectivity index (χ1n) is 9.08. The zero-order valence-electron chi connectivity index (χ0n) is 15.1. The third-order valence-electron chi connectivity index (χ3n) is 4.86. The van der Waals surface area contributed by atoms with Gasteiger partial charge in [0.1, 0.15) is 17.9 Å². The zero-order valence-corrected chi connectivity index (χ0v) is 15.1. The maximum Gasteiger partial charge on any atom is 0.267 e. The van der Waals surface area contributed by atoms with Crippen LogP contribution < -0.4 is 15.8 Å². The molecule has 0 aliphatic carbocycles. The van der Waals surface area contributed by atoms with Gasteiger partial charge in [-0.3, -0.25) is 9.59 Å². The van der Waals surface area contributed by atoms with Crippen molar-refractivity contribution in [3.8, 4) is 0 Å². The largest absolute Gasteiger partial charge is 0.443 e. The van der Waals surface area contributed by atoms with Crippen LogP contribution in [0.25, 0.3) is 11.1 Å². The first-order chi connectivity index (χ1) is 13.1. The van der Waals surface area contributed by atoms with Crippen molar-refractivity contribution in [2.75, 3.05) is 16.8 Å². The van der Waals surface area contributed by atoms with Crippen molar-refractivity contribution in [2.24, 2.45) is 0 Å². The van der Waals surface area contributed by atoms with Crippen molar-refractivity contribution in [1.82, 2.24) is 14.8 Å². The molecular weight excluding hydrogens is 346 g/mol. The molecule has 27 heavy (non-hydrogen) atoms. The molecule has 140 valence electrons. The van der Waals surface area contributed by atoms with Gasteiger partial charge in [0, 0.05) is 24.3 Å². The van der Waals surface area contributed by atoms with Gasteiger partial charge >= 0.3 is 0 Å². The normalized spacial score (nSPS) is 17.2. The molecule has 1 unspecified atom stereocenters. The number of fused-ring (bicyclic) bond motifs is 1. The van der Waals surface area contributed by atoms with E-state index >= 15 is 0 Å². The topological polar surface area (TPSA) is 93.3 Å². The summed E-state index contributed by atoms with van der Waals surface area (Å²) in [5.74, 6) is 0.412. The number of rotatable bonds is 4. The summed E-state index contributed by atoms with van der Waals surface area (Å²) in [7, 11) is 0. The molecule has 1 amide bonds. The Labute approximate surface area is 155 Å². The number of carbonyl (C=O) groups is 1. The first-order valence-corrected chi connectivity index (χ1v) is 9.08. The van der Waals surface area contributed by atoms with E-state index in [1.165, 1.54) is 23.6 Å². The Morgan fingerprint density at radius 2 is 2.19 bits per heavy atom. The van der Waals surface area contributed by atoms with Crippen LogP contribution in [0.5, 0.6) is 0 Å². The van der Waals surface area contributed by atoms with Crippen LogP contribution in [0.1, 0.15) is 26.2 Å². The van der Waals surface area contributed by atoms with Gasteiger partial charge in [-0.25, -0.2) is 9.67 Å². The number of oxazole rings is 1. The van der Waals surface area contributed by atoms with E-state index in [9.17, 15) is 9.59 Å². The minimum atomic E-state index is -0.323. The van der Waals surface area contributed by atoms with Crippen molar-refractivity contribution in [3.63, 3.8) is 0 Å². The Morgan fingerprint density at radius 1 is 1.30 bits per heavy atom. The Morgan fingerprint density at radius 3 is 3.04 bits per heavy atom. The van der Waals surface area contributed by atoms with E-state index in [2.05, 4.69) is 27.2 Å². The molecule has 0 radical (unpaired) electrons. The molecule has 0 bridgehead atoms. The molecule has 1 aromatic carbocycles. The average Bonchev–Trinajstić information content (AvgIpc) is 3.12. The highest BCUT2D eigenvalue weighted by Crippen LogP contribution is 2.22. The van der Waals surface area contributed by atoms with Gasteiger partial charge < -0.3 is 14.6 Å². The molecule has 3 aromatic rings. The summed E-state index contributed by atoms with van der Waals surface area (Å²) in [6.07, 6.45) is 4.77. The van der Waals surface area contributed by atoms with Crippen molar-refractivity contribution >= 4 is 28.5 Å². The maximum absolute atomic E-state index is 12.4. The second-order valence-electron chi connectivity index (χ2n) is 6.81. The van der Waals surface area contributed by atoms with Crippen molar-refractivity contribution in [2.45, 2.75) is 38.8 Å². The van der Waals surface area contributed by atoms with Gasteiger partial charge in [0.15, 0.2) is 12.0 Å². The van der Waals surface area contributed by atoms with Gasteiger partial charge in [-0.05, 0) is 50.5 Å². The van der Waals surface area contributed by atoms with Crippen LogP contribution in [-0.4, -0.2) is 33.3 Å². The smallest absolute Gasteiger partial charge is 0.267 e. The Kier molecular flexibility index (Phi) is 4.62. The highest BCUT2D eigenvalue weighted by atomic mass is 16.3. The zero-order chi connectivity index (χ0) is 18.8. The van der Waals surface area contributed by atoms with Crippen LogP contribution in [0.15, 0.2) is 45.9 Å². The lowest BCUT2D eigenvalue weighted by Crippen LogP contribution is -2.39. The lowest BCUT2D eigenvalue weighted by molar-refractivity contribution is -0.117. The number of hydrogen-bond acceptors (Lipinski definition) is 6. The fourth-order valence-corrected chi connectivity index (χ4v) is 3.42. The second-order valence-corrected chi connectivity index (χ2v) is 6.81. The van der Waals surface area contributed by atoms with E-state index in [1.807, 2.05) is 0 Å². The molecule has 1 atom stereocenters. The molecule has 1 aliphatic rings. The summed E-state index contributed by atoms with van der Waals surface area (Å²) in [5.41, 5.74) is 1.60. The molecule has 4 rings (SSSR count). The number of piperidine rings is 1. The monoisotopic (exact) mass is 367 g/mol. The Hall–Kier alpha value is -3.16. The van der Waals surface area contributed by atoms with Crippen molar-refractivity contribution in [3.05, 3.63) is 47.1 Å². The highest BCUT2D eigenvalue weighted by Gasteiger charge is 2.20. The number of nitrogens with one attached hydrogen (secondary N) is 1. The van der Waals surface area contributed by atoms with Crippen LogP contribution in [0.4, 0.5) is 11.5 Å². The summed E-state index contributed by atoms with van der Waals surface area (Å²) in [5, 5.41) is 7.18. The molecule has 0 saturated carbocycles. The van der Waals surface area contributed by atoms with Crippen molar-refractivity contribution < 1.29 is 9.21 Å². The number of benzene rings is 1. The summed E-state index contributed by atoms with van der Waals surface area (Å²) in [6, 6.07) is 8.77. The molecule has 2 aromatic heterocycles. The number of anilines is 2. The number of amides is 1. The molecule has 1 fully saturated rings. The van der Waals surface area contributed by atoms with E-state index in [4.69, 9.17) is 4.42 Å². The van der Waals surface area contributed by atoms with Gasteiger partial charge in [-0.15, -0.1) is 0 Å². The van der Waals surface area contributed by atoms with Gasteiger partial charge in [-0.2, -0.15) is 5.10 Å². The SMILES string of the molecule is CC1CCCCN1c1ccc(=O)n(CC(=O)Nc2ccc3ocnc3c2)n1. The molecular formula is C19H21N5O3. The van der Waals surface area contributed by atoms with Crippen LogP contribution in [-0.2, 0) is 11.3 Å². The molecule has 3 heterocycles. The van der Waals surface area contributed by atoms with E-state index in [0.717, 1.165) is 25.2 Å². The van der Waals surface area contributed by atoms with Gasteiger partial charge in [0.2, 0.25) is 5.91 Å². The summed E-state index contributed by atoms with van der Waals surface area (Å²) >= 11 is 0. The number of nitrogens with zero attached hydrogens (tertiary/aromatic N) is 4. The van der Waals surface area contributed by atoms with E-state index in [1.54, 1.807) is 24.3 Å². The van der Waals surface area contributed by atoms with Crippen molar-refractivity contribution in [1.29, 1.82) is 0 Å². The summed E-state index contributed by atoms with van der Waals surface area (Å²) in [4.78, 5) is 30.8. The Bertz CT molecular complexity index is 1030. The lowest BCUT2D eigenvalue weighted by atomic mass is 10.0.